The molecule has 0 aliphatic carbocycles. The first-order valence-electron chi connectivity index (χ1n) is 9.47. The molecular weight excluding hydrogens is 435 g/mol. The fraction of sp³-hybridized carbons (Fsp3) is 0.0870. The van der Waals surface area contributed by atoms with E-state index in [-0.39, 0.29) is 17.5 Å². The lowest BCUT2D eigenvalue weighted by atomic mass is 10.2. The number of amides is 1. The van der Waals surface area contributed by atoms with Gasteiger partial charge in [0, 0.05) is 11.3 Å². The van der Waals surface area contributed by atoms with Gasteiger partial charge in [0.2, 0.25) is 5.91 Å². The van der Waals surface area contributed by atoms with E-state index in [0.717, 1.165) is 16.8 Å². The lowest BCUT2D eigenvalue weighted by Crippen LogP contribution is -2.15. The minimum absolute atomic E-state index is 0.124. The zero-order chi connectivity index (χ0) is 21.8. The average molecular weight is 453 g/mol. The van der Waals surface area contributed by atoms with Crippen LogP contribution in [-0.2, 0) is 4.79 Å². The van der Waals surface area contributed by atoms with Crippen LogP contribution in [0.1, 0.15) is 5.56 Å². The van der Waals surface area contributed by atoms with Crippen molar-refractivity contribution in [1.29, 1.82) is 0 Å². The lowest BCUT2D eigenvalue weighted by molar-refractivity contribution is -0.113. The first-order chi connectivity index (χ1) is 15.0. The van der Waals surface area contributed by atoms with Crippen molar-refractivity contribution in [3.63, 3.8) is 0 Å². The van der Waals surface area contributed by atoms with Crippen molar-refractivity contribution in [2.45, 2.75) is 12.1 Å². The van der Waals surface area contributed by atoms with Gasteiger partial charge in [0.25, 0.3) is 0 Å². The molecule has 0 aliphatic heterocycles. The number of nitrogens with one attached hydrogen (secondary N) is 1. The van der Waals surface area contributed by atoms with Crippen LogP contribution in [0.4, 0.5) is 10.1 Å². The van der Waals surface area contributed by atoms with E-state index in [4.69, 9.17) is 11.6 Å². The number of hydrogen-bond donors (Lipinski definition) is 1. The number of hydrogen-bond acceptors (Lipinski definition) is 4. The highest BCUT2D eigenvalue weighted by Crippen LogP contribution is 2.29. The zero-order valence-corrected chi connectivity index (χ0v) is 18.1. The molecule has 1 aromatic heterocycles. The Morgan fingerprint density at radius 1 is 1.06 bits per heavy atom. The Morgan fingerprint density at radius 2 is 1.81 bits per heavy atom. The van der Waals surface area contributed by atoms with Crippen molar-refractivity contribution in [3.05, 3.63) is 89.2 Å². The van der Waals surface area contributed by atoms with Crippen LogP contribution in [0.5, 0.6) is 0 Å². The second-order valence-electron chi connectivity index (χ2n) is 6.80. The Hall–Kier alpha value is -3.16. The number of halogens is 2. The summed E-state index contributed by atoms with van der Waals surface area (Å²) in [5.41, 5.74) is 3.15. The lowest BCUT2D eigenvalue weighted by Gasteiger charge is -2.11. The van der Waals surface area contributed by atoms with Gasteiger partial charge in [-0.15, -0.1) is 10.2 Å². The van der Waals surface area contributed by atoms with Crippen LogP contribution in [0.2, 0.25) is 5.02 Å². The molecule has 4 rings (SSSR count). The Kier molecular flexibility index (Phi) is 6.34. The maximum Gasteiger partial charge on any atom is 0.234 e. The molecule has 0 unspecified atom stereocenters. The molecule has 8 heteroatoms. The van der Waals surface area contributed by atoms with Gasteiger partial charge in [0.05, 0.1) is 16.5 Å². The van der Waals surface area contributed by atoms with E-state index in [0.29, 0.717) is 21.7 Å². The van der Waals surface area contributed by atoms with Crippen molar-refractivity contribution in [2.75, 3.05) is 11.1 Å². The van der Waals surface area contributed by atoms with Gasteiger partial charge in [-0.05, 0) is 61.0 Å². The van der Waals surface area contributed by atoms with Gasteiger partial charge >= 0.3 is 0 Å². The van der Waals surface area contributed by atoms with Gasteiger partial charge in [-0.25, -0.2) is 4.39 Å². The highest BCUT2D eigenvalue weighted by molar-refractivity contribution is 7.99. The van der Waals surface area contributed by atoms with E-state index < -0.39 is 0 Å². The molecule has 0 fully saturated rings. The van der Waals surface area contributed by atoms with Crippen LogP contribution in [0.3, 0.4) is 0 Å². The minimum atomic E-state index is -0.324. The molecule has 0 saturated carbocycles. The molecular formula is C23H18ClFN4OS. The SMILES string of the molecule is Cc1ccc(NC(=O)CSc2nnc(-c3ccc(F)cc3)n2-c2ccccc2)c(Cl)c1. The number of benzene rings is 3. The van der Waals surface area contributed by atoms with Crippen LogP contribution < -0.4 is 5.32 Å². The molecule has 156 valence electrons. The summed E-state index contributed by atoms with van der Waals surface area (Å²) in [6.45, 7) is 1.93. The van der Waals surface area contributed by atoms with Crippen molar-refractivity contribution in [3.8, 4) is 17.1 Å². The molecule has 4 aromatic rings. The summed E-state index contributed by atoms with van der Waals surface area (Å²) in [4.78, 5) is 12.5. The minimum Gasteiger partial charge on any atom is -0.324 e. The van der Waals surface area contributed by atoms with Gasteiger partial charge in [-0.1, -0.05) is 47.6 Å². The van der Waals surface area contributed by atoms with Crippen LogP contribution in [0.25, 0.3) is 17.1 Å². The van der Waals surface area contributed by atoms with Gasteiger partial charge in [0.1, 0.15) is 5.82 Å². The Labute approximate surface area is 188 Å². The summed E-state index contributed by atoms with van der Waals surface area (Å²) in [6.07, 6.45) is 0. The van der Waals surface area contributed by atoms with Crippen LogP contribution in [0, 0.1) is 12.7 Å². The summed E-state index contributed by atoms with van der Waals surface area (Å²) in [5.74, 6) is 0.159. The number of carbonyl (C=O) groups excluding carboxylic acids is 1. The van der Waals surface area contributed by atoms with Crippen LogP contribution in [-0.4, -0.2) is 26.4 Å². The van der Waals surface area contributed by atoms with E-state index in [1.807, 2.05) is 47.9 Å². The Balaban J connectivity index is 1.58. The van der Waals surface area contributed by atoms with Crippen molar-refractivity contribution in [2.24, 2.45) is 0 Å². The molecule has 0 bridgehead atoms. The number of thioether (sulfide) groups is 1. The number of aryl methyl sites for hydroxylation is 1. The highest BCUT2D eigenvalue weighted by atomic mass is 35.5. The number of nitrogens with zero attached hydrogens (tertiary/aromatic N) is 3. The maximum absolute atomic E-state index is 13.4. The van der Waals surface area contributed by atoms with Crippen molar-refractivity contribution < 1.29 is 9.18 Å². The van der Waals surface area contributed by atoms with E-state index in [2.05, 4.69) is 15.5 Å². The average Bonchev–Trinajstić information content (AvgIpc) is 3.19. The summed E-state index contributed by atoms with van der Waals surface area (Å²) in [5, 5.41) is 12.4. The maximum atomic E-state index is 13.4. The number of aromatic nitrogens is 3. The molecule has 0 atom stereocenters. The monoisotopic (exact) mass is 452 g/mol. The van der Waals surface area contributed by atoms with E-state index in [9.17, 15) is 9.18 Å². The number of carbonyl (C=O) groups is 1. The molecule has 5 nitrogen and oxygen atoms in total. The van der Waals surface area contributed by atoms with Crippen molar-refractivity contribution in [1.82, 2.24) is 14.8 Å². The zero-order valence-electron chi connectivity index (χ0n) is 16.5. The van der Waals surface area contributed by atoms with Crippen LogP contribution >= 0.6 is 23.4 Å². The topological polar surface area (TPSA) is 59.8 Å². The summed E-state index contributed by atoms with van der Waals surface area (Å²) < 4.78 is 15.2. The van der Waals surface area contributed by atoms with E-state index in [1.54, 1.807) is 24.3 Å². The standard InChI is InChI=1S/C23H18ClFN4OS/c1-15-7-12-20(19(24)13-15)26-21(30)14-31-23-28-27-22(16-8-10-17(25)11-9-16)29(23)18-5-3-2-4-6-18/h2-13H,14H2,1H3,(H,26,30). The molecule has 1 N–H and O–H groups in total. The Morgan fingerprint density at radius 3 is 2.52 bits per heavy atom. The first-order valence-corrected chi connectivity index (χ1v) is 10.8. The highest BCUT2D eigenvalue weighted by Gasteiger charge is 2.17. The summed E-state index contributed by atoms with van der Waals surface area (Å²) >= 11 is 7.46. The van der Waals surface area contributed by atoms with Crippen molar-refractivity contribution >= 4 is 35.0 Å². The van der Waals surface area contributed by atoms with E-state index >= 15 is 0 Å². The van der Waals surface area contributed by atoms with Gasteiger partial charge in [-0.3, -0.25) is 9.36 Å². The predicted molar refractivity (Wildman–Crippen MR) is 122 cm³/mol. The molecule has 3 aromatic carbocycles. The fourth-order valence-electron chi connectivity index (χ4n) is 3.00. The second kappa shape index (κ2) is 9.32. The van der Waals surface area contributed by atoms with Gasteiger partial charge < -0.3 is 5.32 Å². The third-order valence-electron chi connectivity index (χ3n) is 4.48. The molecule has 1 heterocycles. The molecule has 31 heavy (non-hydrogen) atoms. The molecule has 0 spiro atoms. The predicted octanol–water partition coefficient (Wildman–Crippen LogP) is 5.77. The summed E-state index contributed by atoms with van der Waals surface area (Å²) in [7, 11) is 0. The van der Waals surface area contributed by atoms with Gasteiger partial charge in [-0.2, -0.15) is 0 Å². The quantitative estimate of drug-likeness (QED) is 0.377. The third-order valence-corrected chi connectivity index (χ3v) is 5.72. The second-order valence-corrected chi connectivity index (χ2v) is 8.15. The molecule has 0 radical (unpaired) electrons. The number of rotatable bonds is 6. The molecule has 0 saturated heterocycles. The van der Waals surface area contributed by atoms with E-state index in [1.165, 1.54) is 23.9 Å². The first kappa shape index (κ1) is 21.1. The number of para-hydroxylation sites is 1. The van der Waals surface area contributed by atoms with Gasteiger partial charge in [0.15, 0.2) is 11.0 Å². The summed E-state index contributed by atoms with van der Waals surface area (Å²) in [6, 6.07) is 21.1. The normalized spacial score (nSPS) is 10.8. The van der Waals surface area contributed by atoms with Crippen LogP contribution in [0.15, 0.2) is 78.0 Å². The largest absolute Gasteiger partial charge is 0.324 e. The fourth-order valence-corrected chi connectivity index (χ4v) is 4.03. The molecule has 1 amide bonds. The molecule has 0 aliphatic rings. The smallest absolute Gasteiger partial charge is 0.234 e. The Bertz CT molecular complexity index is 1210. The number of anilines is 1. The third kappa shape index (κ3) is 4.95.